The van der Waals surface area contributed by atoms with E-state index < -0.39 is 0 Å². The van der Waals surface area contributed by atoms with Crippen molar-refractivity contribution in [1.29, 1.82) is 0 Å². The summed E-state index contributed by atoms with van der Waals surface area (Å²) in [5.74, 6) is 0.470. The molecule has 124 valence electrons. The fourth-order valence-corrected chi connectivity index (χ4v) is 3.18. The summed E-state index contributed by atoms with van der Waals surface area (Å²) in [7, 11) is 0. The highest BCUT2D eigenvalue weighted by Crippen LogP contribution is 2.32. The number of nitrogens with zero attached hydrogens (tertiary/aromatic N) is 2. The van der Waals surface area contributed by atoms with Crippen LogP contribution in [0.1, 0.15) is 5.56 Å². The molecule has 0 aliphatic rings. The van der Waals surface area contributed by atoms with Gasteiger partial charge in [-0.2, -0.15) is 0 Å². The lowest BCUT2D eigenvalue weighted by Gasteiger charge is -2.10. The number of hydrogen-bond donors (Lipinski definition) is 0. The number of rotatable bonds is 3. The lowest BCUT2D eigenvalue weighted by atomic mass is 10.2. The van der Waals surface area contributed by atoms with Gasteiger partial charge < -0.3 is 4.57 Å². The van der Waals surface area contributed by atoms with Gasteiger partial charge in [0.1, 0.15) is 11.6 Å². The Hall–Kier alpha value is -2.36. The first kappa shape index (κ1) is 16.1. The van der Waals surface area contributed by atoms with Crippen molar-refractivity contribution in [3.05, 3.63) is 88.2 Å². The molecule has 4 rings (SSSR count). The van der Waals surface area contributed by atoms with E-state index in [9.17, 15) is 4.39 Å². The topological polar surface area (TPSA) is 17.8 Å². The summed E-state index contributed by atoms with van der Waals surface area (Å²) in [4.78, 5) is 4.71. The summed E-state index contributed by atoms with van der Waals surface area (Å²) in [5.41, 5.74) is 3.61. The lowest BCUT2D eigenvalue weighted by molar-refractivity contribution is 0.628. The minimum atomic E-state index is -0.277. The van der Waals surface area contributed by atoms with Crippen LogP contribution in [0.15, 0.2) is 66.7 Å². The quantitative estimate of drug-likeness (QED) is 0.419. The van der Waals surface area contributed by atoms with E-state index >= 15 is 0 Å². The molecule has 0 aliphatic heterocycles. The van der Waals surface area contributed by atoms with E-state index in [0.717, 1.165) is 28.0 Å². The monoisotopic (exact) mass is 370 g/mol. The normalized spacial score (nSPS) is 11.2. The summed E-state index contributed by atoms with van der Waals surface area (Å²) < 4.78 is 15.4. The predicted molar refractivity (Wildman–Crippen MR) is 101 cm³/mol. The molecule has 0 unspecified atom stereocenters. The molecule has 5 heteroatoms. The molecule has 1 aromatic heterocycles. The molecule has 2 nitrogen and oxygen atoms in total. The maximum atomic E-state index is 13.3. The number of imidazole rings is 1. The number of benzene rings is 3. The molecule has 0 saturated carbocycles. The van der Waals surface area contributed by atoms with E-state index in [1.54, 1.807) is 18.2 Å². The van der Waals surface area contributed by atoms with Crippen LogP contribution in [-0.4, -0.2) is 9.55 Å². The van der Waals surface area contributed by atoms with Crippen LogP contribution in [0.25, 0.3) is 22.4 Å². The average Bonchev–Trinajstić information content (AvgIpc) is 2.94. The standard InChI is InChI=1S/C20H13Cl2FN2/c21-16-10-18-19(11-17(16)22)25(12-13-4-2-1-3-5-13)20(24-18)14-6-8-15(23)9-7-14/h1-11H,12H2. The van der Waals surface area contributed by atoms with Crippen molar-refractivity contribution in [2.45, 2.75) is 6.54 Å². The van der Waals surface area contributed by atoms with E-state index in [-0.39, 0.29) is 5.82 Å². The van der Waals surface area contributed by atoms with Crippen LogP contribution in [0.4, 0.5) is 4.39 Å². The Bertz CT molecular complexity index is 1040. The average molecular weight is 371 g/mol. The summed E-state index contributed by atoms with van der Waals surface area (Å²) >= 11 is 12.4. The van der Waals surface area contributed by atoms with Crippen molar-refractivity contribution in [2.24, 2.45) is 0 Å². The van der Waals surface area contributed by atoms with Crippen molar-refractivity contribution < 1.29 is 4.39 Å². The highest BCUT2D eigenvalue weighted by molar-refractivity contribution is 6.42. The van der Waals surface area contributed by atoms with Crippen molar-refractivity contribution >= 4 is 34.2 Å². The third-order valence-corrected chi connectivity index (χ3v) is 4.80. The molecule has 0 amide bonds. The Morgan fingerprint density at radius 2 is 1.56 bits per heavy atom. The second-order valence-corrected chi connectivity index (χ2v) is 6.58. The van der Waals surface area contributed by atoms with Gasteiger partial charge in [0.2, 0.25) is 0 Å². The molecule has 0 atom stereocenters. The fourth-order valence-electron chi connectivity index (χ4n) is 2.87. The fraction of sp³-hybridized carbons (Fsp3) is 0.0500. The van der Waals surface area contributed by atoms with E-state index in [1.165, 1.54) is 12.1 Å². The molecule has 0 aliphatic carbocycles. The zero-order valence-corrected chi connectivity index (χ0v) is 14.6. The van der Waals surface area contributed by atoms with Crippen LogP contribution in [-0.2, 0) is 6.54 Å². The third-order valence-electron chi connectivity index (χ3n) is 4.08. The third kappa shape index (κ3) is 3.13. The van der Waals surface area contributed by atoms with Crippen LogP contribution in [0.2, 0.25) is 10.0 Å². The molecule has 0 radical (unpaired) electrons. The second kappa shape index (κ2) is 6.51. The van der Waals surface area contributed by atoms with E-state index in [0.29, 0.717) is 16.6 Å². The van der Waals surface area contributed by atoms with Crippen molar-refractivity contribution in [2.75, 3.05) is 0 Å². The summed E-state index contributed by atoms with van der Waals surface area (Å²) in [6, 6.07) is 20.0. The predicted octanol–water partition coefficient (Wildman–Crippen LogP) is 6.20. The van der Waals surface area contributed by atoms with E-state index in [1.807, 2.05) is 24.3 Å². The van der Waals surface area contributed by atoms with Crippen LogP contribution in [0, 0.1) is 5.82 Å². The number of aromatic nitrogens is 2. The van der Waals surface area contributed by atoms with Gasteiger partial charge in [0, 0.05) is 12.1 Å². The molecule has 0 bridgehead atoms. The van der Waals surface area contributed by atoms with Gasteiger partial charge in [0.05, 0.1) is 21.1 Å². The Morgan fingerprint density at radius 3 is 2.28 bits per heavy atom. The number of halogens is 3. The summed E-state index contributed by atoms with van der Waals surface area (Å²) in [6.07, 6.45) is 0. The van der Waals surface area contributed by atoms with Gasteiger partial charge in [-0.25, -0.2) is 9.37 Å². The Balaban J connectivity index is 1.94. The largest absolute Gasteiger partial charge is 0.319 e. The molecule has 25 heavy (non-hydrogen) atoms. The van der Waals surface area contributed by atoms with Crippen molar-refractivity contribution in [3.8, 4) is 11.4 Å². The Morgan fingerprint density at radius 1 is 0.880 bits per heavy atom. The number of fused-ring (bicyclic) bond motifs is 1. The summed E-state index contributed by atoms with van der Waals surface area (Å²) in [5, 5.41) is 0.943. The highest BCUT2D eigenvalue weighted by Gasteiger charge is 2.15. The zero-order chi connectivity index (χ0) is 17.4. The first-order chi connectivity index (χ1) is 12.1. The highest BCUT2D eigenvalue weighted by atomic mass is 35.5. The lowest BCUT2D eigenvalue weighted by Crippen LogP contribution is -2.02. The van der Waals surface area contributed by atoms with Gasteiger partial charge in [-0.05, 0) is 42.0 Å². The first-order valence-electron chi connectivity index (χ1n) is 7.77. The van der Waals surface area contributed by atoms with Crippen LogP contribution in [0.3, 0.4) is 0 Å². The molecule has 0 fully saturated rings. The van der Waals surface area contributed by atoms with Crippen LogP contribution < -0.4 is 0 Å². The maximum Gasteiger partial charge on any atom is 0.141 e. The van der Waals surface area contributed by atoms with Crippen molar-refractivity contribution in [1.82, 2.24) is 9.55 Å². The molecular weight excluding hydrogens is 358 g/mol. The number of hydrogen-bond acceptors (Lipinski definition) is 1. The van der Waals surface area contributed by atoms with Gasteiger partial charge in [-0.3, -0.25) is 0 Å². The van der Waals surface area contributed by atoms with E-state index in [2.05, 4.69) is 16.7 Å². The van der Waals surface area contributed by atoms with Gasteiger partial charge in [-0.1, -0.05) is 53.5 Å². The second-order valence-electron chi connectivity index (χ2n) is 5.77. The van der Waals surface area contributed by atoms with Gasteiger partial charge in [0.25, 0.3) is 0 Å². The van der Waals surface area contributed by atoms with Crippen LogP contribution in [0.5, 0.6) is 0 Å². The SMILES string of the molecule is Fc1ccc(-c2nc3cc(Cl)c(Cl)cc3n2Cc2ccccc2)cc1. The molecule has 3 aromatic carbocycles. The minimum absolute atomic E-state index is 0.277. The minimum Gasteiger partial charge on any atom is -0.319 e. The zero-order valence-electron chi connectivity index (χ0n) is 13.1. The maximum absolute atomic E-state index is 13.3. The van der Waals surface area contributed by atoms with E-state index in [4.69, 9.17) is 28.2 Å². The molecule has 0 saturated heterocycles. The first-order valence-corrected chi connectivity index (χ1v) is 8.52. The van der Waals surface area contributed by atoms with Gasteiger partial charge in [-0.15, -0.1) is 0 Å². The summed E-state index contributed by atoms with van der Waals surface area (Å²) in [6.45, 7) is 0.627. The smallest absolute Gasteiger partial charge is 0.141 e. The molecular formula is C20H13Cl2FN2. The van der Waals surface area contributed by atoms with Crippen LogP contribution >= 0.6 is 23.2 Å². The Kier molecular flexibility index (Phi) is 4.20. The molecule has 1 heterocycles. The molecule has 0 spiro atoms. The van der Waals surface area contributed by atoms with Gasteiger partial charge >= 0.3 is 0 Å². The Labute approximate surface area is 154 Å². The van der Waals surface area contributed by atoms with Crippen molar-refractivity contribution in [3.63, 3.8) is 0 Å². The molecule has 0 N–H and O–H groups in total. The molecule has 4 aromatic rings. The van der Waals surface area contributed by atoms with Gasteiger partial charge in [0.15, 0.2) is 0 Å².